The number of benzene rings is 1. The molecule has 4 atom stereocenters. The van der Waals surface area contributed by atoms with Gasteiger partial charge in [-0.1, -0.05) is 17.7 Å². The van der Waals surface area contributed by atoms with Gasteiger partial charge in [0.15, 0.2) is 17.0 Å². The summed E-state index contributed by atoms with van der Waals surface area (Å²) in [5.74, 6) is -0.691. The van der Waals surface area contributed by atoms with Crippen molar-refractivity contribution in [2.45, 2.75) is 62.9 Å². The van der Waals surface area contributed by atoms with Crippen LogP contribution in [0.15, 0.2) is 41.5 Å². The number of phenolic OH excluding ortho intramolecular Hbond substituents is 1. The topological polar surface area (TPSA) is 82.1 Å². The number of carbonyl (C=O) groups is 2. The van der Waals surface area contributed by atoms with Gasteiger partial charge in [0.2, 0.25) is 5.78 Å². The number of methoxy groups -OCH3 is 1. The first-order chi connectivity index (χ1) is 14.0. The van der Waals surface area contributed by atoms with Gasteiger partial charge in [-0.05, 0) is 52.3 Å². The maximum absolute atomic E-state index is 14.0. The first-order valence-electron chi connectivity index (χ1n) is 10.3. The average molecular weight is 410 g/mol. The predicted molar refractivity (Wildman–Crippen MR) is 109 cm³/mol. The third kappa shape index (κ3) is 1.97. The van der Waals surface area contributed by atoms with Crippen molar-refractivity contribution in [2.75, 3.05) is 7.11 Å². The van der Waals surface area contributed by atoms with Crippen LogP contribution in [0.1, 0.15) is 50.9 Å². The zero-order valence-electron chi connectivity index (χ0n) is 17.9. The van der Waals surface area contributed by atoms with Crippen molar-refractivity contribution in [3.05, 3.63) is 47.1 Å². The molecule has 0 aromatic heterocycles. The molecular formula is C24H26O6. The van der Waals surface area contributed by atoms with Gasteiger partial charge in [0, 0.05) is 25.0 Å². The molecule has 2 fully saturated rings. The smallest absolute Gasteiger partial charge is 0.205 e. The van der Waals surface area contributed by atoms with Crippen molar-refractivity contribution >= 4 is 11.6 Å². The molecule has 2 heterocycles. The van der Waals surface area contributed by atoms with Crippen LogP contribution in [0.5, 0.6) is 11.5 Å². The molecule has 158 valence electrons. The Balaban J connectivity index is 1.87. The summed E-state index contributed by atoms with van der Waals surface area (Å²) in [5.41, 5.74) is -3.13. The monoisotopic (exact) mass is 410 g/mol. The van der Waals surface area contributed by atoms with Crippen LogP contribution in [0.4, 0.5) is 0 Å². The lowest BCUT2D eigenvalue weighted by Crippen LogP contribution is -2.77. The molecule has 1 N–H and O–H groups in total. The van der Waals surface area contributed by atoms with Crippen molar-refractivity contribution in [2.24, 2.45) is 5.92 Å². The Labute approximate surface area is 175 Å². The lowest BCUT2D eigenvalue weighted by atomic mass is 9.49. The van der Waals surface area contributed by atoms with E-state index in [1.54, 1.807) is 18.2 Å². The van der Waals surface area contributed by atoms with E-state index in [0.29, 0.717) is 12.0 Å². The Bertz CT molecular complexity index is 1060. The summed E-state index contributed by atoms with van der Waals surface area (Å²) < 4.78 is 19.0. The van der Waals surface area contributed by atoms with E-state index >= 15 is 0 Å². The second-order valence-electron chi connectivity index (χ2n) is 9.57. The molecule has 1 saturated carbocycles. The largest absolute Gasteiger partial charge is 0.507 e. The van der Waals surface area contributed by atoms with E-state index in [-0.39, 0.29) is 41.0 Å². The van der Waals surface area contributed by atoms with Crippen LogP contribution in [0.2, 0.25) is 0 Å². The molecule has 3 aliphatic carbocycles. The molecule has 30 heavy (non-hydrogen) atoms. The van der Waals surface area contributed by atoms with Crippen molar-refractivity contribution < 1.29 is 28.9 Å². The third-order valence-corrected chi connectivity index (χ3v) is 7.31. The van der Waals surface area contributed by atoms with E-state index in [2.05, 4.69) is 0 Å². The van der Waals surface area contributed by atoms with E-state index in [1.165, 1.54) is 13.2 Å². The molecule has 1 aromatic carbocycles. The highest BCUT2D eigenvalue weighted by molar-refractivity contribution is 6.19. The standard InChI is InChI=1S/C24H26O6/c1-13(2)9-10-23-20(27)22(28-5)11-14-19(26)18-15(25)7-6-8-16(18)29-24(14,23)17(12-22)21(3,4)30-23/h6-9,11,17,25H,10,12H2,1-5H3/t17-,22-,23-,24+/m0/s1. The number of carbonyl (C=O) groups excluding carboxylic acids is 2. The molecule has 1 spiro atoms. The highest BCUT2D eigenvalue weighted by atomic mass is 16.6. The second-order valence-corrected chi connectivity index (χ2v) is 9.57. The highest BCUT2D eigenvalue weighted by Crippen LogP contribution is 2.68. The van der Waals surface area contributed by atoms with Crippen LogP contribution in [0.3, 0.4) is 0 Å². The van der Waals surface area contributed by atoms with Gasteiger partial charge in [0.1, 0.15) is 22.7 Å². The van der Waals surface area contributed by atoms with Gasteiger partial charge in [0.25, 0.3) is 0 Å². The Hall–Kier alpha value is -2.44. The summed E-state index contributed by atoms with van der Waals surface area (Å²) in [5, 5.41) is 10.4. The summed E-state index contributed by atoms with van der Waals surface area (Å²) >= 11 is 0. The van der Waals surface area contributed by atoms with E-state index in [1.807, 2.05) is 33.8 Å². The van der Waals surface area contributed by atoms with Crippen LogP contribution < -0.4 is 4.74 Å². The molecule has 0 radical (unpaired) electrons. The fourth-order valence-corrected chi connectivity index (χ4v) is 6.03. The summed E-state index contributed by atoms with van der Waals surface area (Å²) in [6.07, 6.45) is 4.22. The molecule has 1 aromatic rings. The number of fused-ring (bicyclic) bond motifs is 1. The predicted octanol–water partition coefficient (Wildman–Crippen LogP) is 3.52. The van der Waals surface area contributed by atoms with Crippen LogP contribution in [0, 0.1) is 5.92 Å². The zero-order valence-corrected chi connectivity index (χ0v) is 17.9. The van der Waals surface area contributed by atoms with Gasteiger partial charge in [0.05, 0.1) is 5.60 Å². The summed E-state index contributed by atoms with van der Waals surface area (Å²) in [6, 6.07) is 4.76. The number of aromatic hydroxyl groups is 1. The molecule has 6 heteroatoms. The highest BCUT2D eigenvalue weighted by Gasteiger charge is 2.84. The Morgan fingerprint density at radius 3 is 2.70 bits per heavy atom. The van der Waals surface area contributed by atoms with Gasteiger partial charge in [-0.15, -0.1) is 0 Å². The molecule has 1 saturated heterocycles. The van der Waals surface area contributed by atoms with Crippen LogP contribution in [0.25, 0.3) is 0 Å². The first kappa shape index (κ1) is 19.5. The number of Topliss-reactive ketones (excluding diaryl/α,β-unsaturated/α-hetero) is 2. The van der Waals surface area contributed by atoms with E-state index in [4.69, 9.17) is 14.2 Å². The molecule has 5 aliphatic rings. The molecule has 6 nitrogen and oxygen atoms in total. The van der Waals surface area contributed by atoms with Crippen LogP contribution >= 0.6 is 0 Å². The zero-order chi connectivity index (χ0) is 21.7. The molecular weight excluding hydrogens is 384 g/mol. The number of ketones is 2. The number of hydrogen-bond acceptors (Lipinski definition) is 6. The van der Waals surface area contributed by atoms with Gasteiger partial charge >= 0.3 is 0 Å². The lowest BCUT2D eigenvalue weighted by Gasteiger charge is -2.59. The van der Waals surface area contributed by atoms with Gasteiger partial charge < -0.3 is 19.3 Å². The Morgan fingerprint density at radius 1 is 1.30 bits per heavy atom. The van der Waals surface area contributed by atoms with Crippen LogP contribution in [-0.4, -0.2) is 46.2 Å². The van der Waals surface area contributed by atoms with Crippen molar-refractivity contribution in [3.8, 4) is 11.5 Å². The van der Waals surface area contributed by atoms with E-state index in [0.717, 1.165) is 5.57 Å². The van der Waals surface area contributed by atoms with Crippen molar-refractivity contribution in [1.82, 2.24) is 0 Å². The van der Waals surface area contributed by atoms with E-state index in [9.17, 15) is 14.7 Å². The molecule has 0 amide bonds. The molecule has 2 aliphatic heterocycles. The molecule has 4 bridgehead atoms. The number of allylic oxidation sites excluding steroid dienone is 1. The maximum Gasteiger partial charge on any atom is 0.205 e. The minimum Gasteiger partial charge on any atom is -0.507 e. The summed E-state index contributed by atoms with van der Waals surface area (Å²) in [7, 11) is 1.49. The minimum absolute atomic E-state index is 0.121. The summed E-state index contributed by atoms with van der Waals surface area (Å²) in [4.78, 5) is 27.7. The van der Waals surface area contributed by atoms with Gasteiger partial charge in [-0.25, -0.2) is 0 Å². The second kappa shape index (κ2) is 5.62. The SMILES string of the molecule is CO[C@@]12C=C3C(=O)c4c(O)cccc4O[C@@]34[C@@H](C1)C(C)(C)O[C@@]4(CC=C(C)C)C2=O. The molecule has 0 unspecified atom stereocenters. The number of ether oxygens (including phenoxy) is 3. The minimum atomic E-state index is -1.39. The Morgan fingerprint density at radius 2 is 2.03 bits per heavy atom. The van der Waals surface area contributed by atoms with Crippen molar-refractivity contribution in [1.29, 1.82) is 0 Å². The quantitative estimate of drug-likeness (QED) is 0.768. The number of rotatable bonds is 3. The fourth-order valence-electron chi connectivity index (χ4n) is 6.03. The maximum atomic E-state index is 14.0. The average Bonchev–Trinajstić information content (AvgIpc) is 2.84. The van der Waals surface area contributed by atoms with E-state index < -0.39 is 22.4 Å². The molecule has 6 rings (SSSR count). The normalized spacial score (nSPS) is 37.2. The summed E-state index contributed by atoms with van der Waals surface area (Å²) in [6.45, 7) is 7.80. The number of phenols is 1. The Kier molecular flexibility index (Phi) is 3.66. The third-order valence-electron chi connectivity index (χ3n) is 7.31. The van der Waals surface area contributed by atoms with Gasteiger partial charge in [-0.2, -0.15) is 0 Å². The fraction of sp³-hybridized carbons (Fsp3) is 0.500. The number of hydrogen-bond donors (Lipinski definition) is 1. The van der Waals surface area contributed by atoms with Crippen LogP contribution in [-0.2, 0) is 14.3 Å². The lowest BCUT2D eigenvalue weighted by molar-refractivity contribution is -0.189. The van der Waals surface area contributed by atoms with Gasteiger partial charge in [-0.3, -0.25) is 9.59 Å². The first-order valence-corrected chi connectivity index (χ1v) is 10.3. The van der Waals surface area contributed by atoms with Crippen molar-refractivity contribution in [3.63, 3.8) is 0 Å².